The Morgan fingerprint density at radius 2 is 1.56 bits per heavy atom. The molecule has 2 amide bonds. The quantitative estimate of drug-likeness (QED) is 0.157. The molecule has 48 heavy (non-hydrogen) atoms. The zero-order chi connectivity index (χ0) is 35.1. The summed E-state index contributed by atoms with van der Waals surface area (Å²) in [5, 5.41) is 3.64. The van der Waals surface area contributed by atoms with Gasteiger partial charge in [0.2, 0.25) is 11.8 Å². The van der Waals surface area contributed by atoms with Gasteiger partial charge in [0.25, 0.3) is 10.0 Å². The van der Waals surface area contributed by atoms with E-state index in [9.17, 15) is 22.4 Å². The molecule has 0 aliphatic carbocycles. The second-order valence-electron chi connectivity index (χ2n) is 12.1. The van der Waals surface area contributed by atoms with Crippen LogP contribution in [-0.4, -0.2) is 49.9 Å². The first-order valence-electron chi connectivity index (χ1n) is 15.3. The Bertz CT molecular complexity index is 1820. The number of rotatable bonds is 13. The first-order chi connectivity index (χ1) is 22.7. The number of carbonyl (C=O) groups excluding carboxylic acids is 2. The summed E-state index contributed by atoms with van der Waals surface area (Å²) >= 11 is 12.7. The van der Waals surface area contributed by atoms with Crippen molar-refractivity contribution >= 4 is 50.7 Å². The fraction of sp³-hybridized carbons (Fsp3) is 0.278. The van der Waals surface area contributed by atoms with E-state index in [4.69, 9.17) is 27.9 Å². The summed E-state index contributed by atoms with van der Waals surface area (Å²) in [6, 6.07) is 23.5. The number of hydrogen-bond acceptors (Lipinski definition) is 5. The van der Waals surface area contributed by atoms with Crippen LogP contribution in [0.1, 0.15) is 38.8 Å². The van der Waals surface area contributed by atoms with Crippen LogP contribution in [0.2, 0.25) is 10.0 Å². The van der Waals surface area contributed by atoms with Gasteiger partial charge >= 0.3 is 0 Å². The van der Waals surface area contributed by atoms with Gasteiger partial charge in [-0.3, -0.25) is 13.9 Å². The number of benzene rings is 4. The van der Waals surface area contributed by atoms with Gasteiger partial charge in [-0.05, 0) is 99.5 Å². The van der Waals surface area contributed by atoms with E-state index >= 15 is 0 Å². The lowest BCUT2D eigenvalue weighted by Gasteiger charge is -2.35. The molecule has 0 unspecified atom stereocenters. The summed E-state index contributed by atoms with van der Waals surface area (Å²) in [4.78, 5) is 29.7. The average Bonchev–Trinajstić information content (AvgIpc) is 3.03. The summed E-state index contributed by atoms with van der Waals surface area (Å²) in [5.41, 5.74) is 0.817. The highest BCUT2D eigenvalue weighted by Gasteiger charge is 2.36. The molecule has 0 saturated heterocycles. The van der Waals surface area contributed by atoms with Gasteiger partial charge in [0.15, 0.2) is 0 Å². The normalized spacial score (nSPS) is 12.2. The van der Waals surface area contributed by atoms with Gasteiger partial charge < -0.3 is 15.0 Å². The molecular formula is C36H38Cl2FN3O5S. The summed E-state index contributed by atoms with van der Waals surface area (Å²) in [7, 11) is -4.41. The van der Waals surface area contributed by atoms with Crippen molar-refractivity contribution in [3.63, 3.8) is 0 Å². The molecule has 1 N–H and O–H groups in total. The van der Waals surface area contributed by atoms with E-state index in [1.54, 1.807) is 24.3 Å². The molecule has 0 aliphatic rings. The molecule has 8 nitrogen and oxygen atoms in total. The van der Waals surface area contributed by atoms with E-state index in [-0.39, 0.29) is 28.6 Å². The van der Waals surface area contributed by atoms with Gasteiger partial charge in [-0.2, -0.15) is 0 Å². The summed E-state index contributed by atoms with van der Waals surface area (Å²) in [5.74, 6) is -1.21. The topological polar surface area (TPSA) is 96.0 Å². The minimum Gasteiger partial charge on any atom is -0.494 e. The molecule has 0 saturated carbocycles. The Kier molecular flexibility index (Phi) is 12.1. The van der Waals surface area contributed by atoms with Crippen LogP contribution in [0.4, 0.5) is 10.1 Å². The lowest BCUT2D eigenvalue weighted by atomic mass is 10.0. The Labute approximate surface area is 291 Å². The van der Waals surface area contributed by atoms with Gasteiger partial charge in [0.1, 0.15) is 24.2 Å². The smallest absolute Gasteiger partial charge is 0.264 e. The second kappa shape index (κ2) is 15.9. The number of halogens is 3. The van der Waals surface area contributed by atoms with Crippen LogP contribution in [0.15, 0.2) is 102 Å². The zero-order valence-electron chi connectivity index (χ0n) is 27.1. The standard InChI is InChI=1S/C36H38Cl2FN3O5S/c1-5-47-30-17-15-29(16-18-30)42(48(45,46)31-19-13-28(39)14-20-31)24-34(43)41(23-26-11-12-27(37)22-32(26)38)33(35(44)40-36(2,3)4)21-25-9-7-6-8-10-25/h6-20,22,33H,5,21,23-24H2,1-4H3,(H,40,44)/t33-/m0/s1. The van der Waals surface area contributed by atoms with E-state index < -0.39 is 45.8 Å². The van der Waals surface area contributed by atoms with Gasteiger partial charge in [0.05, 0.1) is 17.2 Å². The Morgan fingerprint density at radius 1 is 0.917 bits per heavy atom. The van der Waals surface area contributed by atoms with Crippen molar-refractivity contribution in [1.82, 2.24) is 10.2 Å². The average molecular weight is 715 g/mol. The molecule has 0 heterocycles. The van der Waals surface area contributed by atoms with E-state index in [2.05, 4.69) is 5.32 Å². The van der Waals surface area contributed by atoms with Gasteiger partial charge in [0, 0.05) is 28.5 Å². The summed E-state index contributed by atoms with van der Waals surface area (Å²) in [6.07, 6.45) is 0.132. The molecule has 0 aromatic heterocycles. The Balaban J connectivity index is 1.84. The van der Waals surface area contributed by atoms with E-state index in [1.807, 2.05) is 58.0 Å². The number of amides is 2. The SMILES string of the molecule is CCOc1ccc(N(CC(=O)N(Cc2ccc(Cl)cc2Cl)[C@@H](Cc2ccccc2)C(=O)NC(C)(C)C)S(=O)(=O)c2ccc(F)cc2)cc1. The molecule has 0 bridgehead atoms. The Hall–Kier alpha value is -4.12. The monoisotopic (exact) mass is 713 g/mol. The molecule has 0 radical (unpaired) electrons. The number of nitrogens with one attached hydrogen (secondary N) is 1. The number of ether oxygens (including phenoxy) is 1. The van der Waals surface area contributed by atoms with Crippen molar-refractivity contribution in [2.75, 3.05) is 17.5 Å². The van der Waals surface area contributed by atoms with Crippen molar-refractivity contribution in [2.45, 2.75) is 57.1 Å². The van der Waals surface area contributed by atoms with E-state index in [1.165, 1.54) is 23.1 Å². The van der Waals surface area contributed by atoms with Crippen LogP contribution in [-0.2, 0) is 32.6 Å². The van der Waals surface area contributed by atoms with Crippen molar-refractivity contribution < 1.29 is 27.1 Å². The van der Waals surface area contributed by atoms with Crippen LogP contribution >= 0.6 is 23.2 Å². The van der Waals surface area contributed by atoms with Crippen molar-refractivity contribution in [1.29, 1.82) is 0 Å². The molecule has 4 aromatic carbocycles. The molecule has 0 spiro atoms. The molecule has 4 aromatic rings. The minimum absolute atomic E-state index is 0.127. The lowest BCUT2D eigenvalue weighted by Crippen LogP contribution is -2.56. The summed E-state index contributed by atoms with van der Waals surface area (Å²) in [6.45, 7) is 6.89. The first-order valence-corrected chi connectivity index (χ1v) is 17.5. The zero-order valence-corrected chi connectivity index (χ0v) is 29.4. The van der Waals surface area contributed by atoms with Gasteiger partial charge in [-0.25, -0.2) is 12.8 Å². The predicted octanol–water partition coefficient (Wildman–Crippen LogP) is 7.28. The van der Waals surface area contributed by atoms with Crippen LogP contribution < -0.4 is 14.4 Å². The maximum Gasteiger partial charge on any atom is 0.264 e. The highest BCUT2D eigenvalue weighted by atomic mass is 35.5. The fourth-order valence-electron chi connectivity index (χ4n) is 4.98. The van der Waals surface area contributed by atoms with Gasteiger partial charge in [-0.1, -0.05) is 59.6 Å². The molecule has 0 aliphatic heterocycles. The first kappa shape index (κ1) is 36.7. The minimum atomic E-state index is -4.41. The second-order valence-corrected chi connectivity index (χ2v) is 14.8. The molecule has 1 atom stereocenters. The van der Waals surface area contributed by atoms with E-state index in [0.29, 0.717) is 22.9 Å². The number of nitrogens with zero attached hydrogens (tertiary/aromatic N) is 2. The van der Waals surface area contributed by atoms with Crippen LogP contribution in [0, 0.1) is 5.82 Å². The molecule has 4 rings (SSSR count). The van der Waals surface area contributed by atoms with E-state index in [0.717, 1.165) is 34.1 Å². The fourth-order valence-corrected chi connectivity index (χ4v) is 6.86. The number of hydrogen-bond donors (Lipinski definition) is 1. The molecular weight excluding hydrogens is 676 g/mol. The highest BCUT2D eigenvalue weighted by molar-refractivity contribution is 7.92. The molecule has 12 heteroatoms. The van der Waals surface area contributed by atoms with Crippen LogP contribution in [0.25, 0.3) is 0 Å². The lowest BCUT2D eigenvalue weighted by molar-refractivity contribution is -0.140. The maximum absolute atomic E-state index is 14.6. The third kappa shape index (κ3) is 9.71. The molecule has 254 valence electrons. The predicted molar refractivity (Wildman–Crippen MR) is 187 cm³/mol. The third-order valence-corrected chi connectivity index (χ3v) is 9.62. The third-order valence-electron chi connectivity index (χ3n) is 7.24. The Morgan fingerprint density at radius 3 is 2.15 bits per heavy atom. The number of anilines is 1. The van der Waals surface area contributed by atoms with Crippen LogP contribution in [0.3, 0.4) is 0 Å². The van der Waals surface area contributed by atoms with Crippen molar-refractivity contribution in [3.8, 4) is 5.75 Å². The molecule has 0 fully saturated rings. The largest absolute Gasteiger partial charge is 0.494 e. The highest BCUT2D eigenvalue weighted by Crippen LogP contribution is 2.28. The van der Waals surface area contributed by atoms with Crippen molar-refractivity contribution in [2.24, 2.45) is 0 Å². The number of carbonyl (C=O) groups is 2. The maximum atomic E-state index is 14.6. The van der Waals surface area contributed by atoms with Gasteiger partial charge in [-0.15, -0.1) is 0 Å². The summed E-state index contributed by atoms with van der Waals surface area (Å²) < 4.78 is 48.6. The van der Waals surface area contributed by atoms with Crippen LogP contribution in [0.5, 0.6) is 5.75 Å². The number of sulfonamides is 1. The van der Waals surface area contributed by atoms with Crippen molar-refractivity contribution in [3.05, 3.63) is 124 Å².